The molecule has 112 valence electrons. The van der Waals surface area contributed by atoms with Crippen LogP contribution >= 0.6 is 0 Å². The van der Waals surface area contributed by atoms with Crippen molar-refractivity contribution in [3.63, 3.8) is 0 Å². The molecule has 0 saturated heterocycles. The molecule has 3 rings (SSSR count). The van der Waals surface area contributed by atoms with Gasteiger partial charge in [-0.3, -0.25) is 0 Å². The van der Waals surface area contributed by atoms with Crippen molar-refractivity contribution in [2.24, 2.45) is 5.73 Å². The van der Waals surface area contributed by atoms with Gasteiger partial charge in [0.15, 0.2) is 0 Å². The van der Waals surface area contributed by atoms with Crippen LogP contribution in [0.15, 0.2) is 36.7 Å². The molecule has 2 N–H and O–H groups in total. The zero-order valence-corrected chi connectivity index (χ0v) is 12.1. The minimum atomic E-state index is -0.0615. The molecule has 1 heterocycles. The Hall–Kier alpha value is -1.92. The van der Waals surface area contributed by atoms with Gasteiger partial charge in [-0.15, -0.1) is 5.10 Å². The predicted octanol–water partition coefficient (Wildman–Crippen LogP) is 1.54. The standard InChI is InChI=1S/C15H20N4O2/c1-2-8-20-14-12(16)9-13(14)21-15-17-10-19(18-15)11-6-4-3-5-7-11/h3-7,10,12-14H,2,8-9,16H2,1H3. The van der Waals surface area contributed by atoms with Crippen molar-refractivity contribution in [2.45, 2.75) is 38.0 Å². The molecule has 6 heteroatoms. The van der Waals surface area contributed by atoms with E-state index < -0.39 is 0 Å². The molecule has 2 aromatic rings. The second kappa shape index (κ2) is 6.24. The summed E-state index contributed by atoms with van der Waals surface area (Å²) in [4.78, 5) is 4.19. The lowest BCUT2D eigenvalue weighted by Gasteiger charge is -2.40. The van der Waals surface area contributed by atoms with Crippen LogP contribution in [0.2, 0.25) is 0 Å². The topological polar surface area (TPSA) is 75.2 Å². The Morgan fingerprint density at radius 2 is 2.14 bits per heavy atom. The fraction of sp³-hybridized carbons (Fsp3) is 0.467. The average molecular weight is 288 g/mol. The molecule has 1 saturated carbocycles. The molecule has 3 atom stereocenters. The number of nitrogens with two attached hydrogens (primary N) is 1. The van der Waals surface area contributed by atoms with Gasteiger partial charge in [0.1, 0.15) is 18.5 Å². The summed E-state index contributed by atoms with van der Waals surface area (Å²) in [6.07, 6.45) is 3.27. The van der Waals surface area contributed by atoms with Crippen LogP contribution in [0.3, 0.4) is 0 Å². The Kier molecular flexibility index (Phi) is 4.17. The lowest BCUT2D eigenvalue weighted by atomic mass is 9.86. The first kappa shape index (κ1) is 14.0. The predicted molar refractivity (Wildman–Crippen MR) is 78.4 cm³/mol. The van der Waals surface area contributed by atoms with Crippen LogP contribution < -0.4 is 10.5 Å². The highest BCUT2D eigenvalue weighted by Gasteiger charge is 2.42. The highest BCUT2D eigenvalue weighted by Crippen LogP contribution is 2.26. The van der Waals surface area contributed by atoms with Gasteiger partial charge in [-0.1, -0.05) is 25.1 Å². The molecular formula is C15H20N4O2. The SMILES string of the molecule is CCCOC1C(N)CC1Oc1ncn(-c2ccccc2)n1. The molecule has 1 fully saturated rings. The first-order valence-electron chi connectivity index (χ1n) is 7.29. The van der Waals surface area contributed by atoms with Crippen LogP contribution in [-0.2, 0) is 4.74 Å². The van der Waals surface area contributed by atoms with E-state index in [1.165, 1.54) is 0 Å². The van der Waals surface area contributed by atoms with Crippen molar-refractivity contribution in [1.29, 1.82) is 0 Å². The molecule has 3 unspecified atom stereocenters. The van der Waals surface area contributed by atoms with E-state index in [9.17, 15) is 0 Å². The maximum atomic E-state index is 5.95. The van der Waals surface area contributed by atoms with Gasteiger partial charge in [0, 0.05) is 19.1 Å². The molecule has 0 radical (unpaired) electrons. The molecule has 1 aliphatic rings. The van der Waals surface area contributed by atoms with Gasteiger partial charge in [0.2, 0.25) is 0 Å². The number of nitrogens with zero attached hydrogens (tertiary/aromatic N) is 3. The third-order valence-corrected chi connectivity index (χ3v) is 3.56. The molecule has 0 spiro atoms. The van der Waals surface area contributed by atoms with Crippen molar-refractivity contribution >= 4 is 0 Å². The van der Waals surface area contributed by atoms with Gasteiger partial charge < -0.3 is 15.2 Å². The van der Waals surface area contributed by atoms with Crippen LogP contribution in [0.4, 0.5) is 0 Å². The van der Waals surface area contributed by atoms with Crippen molar-refractivity contribution in [3.8, 4) is 11.7 Å². The molecule has 0 aliphatic heterocycles. The Morgan fingerprint density at radius 3 is 2.86 bits per heavy atom. The minimum absolute atomic E-state index is 0.0396. The first-order chi connectivity index (χ1) is 10.3. The van der Waals surface area contributed by atoms with Crippen LogP contribution in [0.25, 0.3) is 5.69 Å². The third kappa shape index (κ3) is 3.06. The normalized spacial score (nSPS) is 24.6. The number of rotatable bonds is 6. The fourth-order valence-electron chi connectivity index (χ4n) is 2.36. The monoisotopic (exact) mass is 288 g/mol. The molecule has 21 heavy (non-hydrogen) atoms. The molecule has 0 bridgehead atoms. The van der Waals surface area contributed by atoms with Crippen LogP contribution in [0, 0.1) is 0 Å². The van der Waals surface area contributed by atoms with Gasteiger partial charge in [0.25, 0.3) is 0 Å². The number of para-hydroxylation sites is 1. The summed E-state index contributed by atoms with van der Waals surface area (Å²) in [6, 6.07) is 10.2. The second-order valence-electron chi connectivity index (χ2n) is 5.20. The van der Waals surface area contributed by atoms with Gasteiger partial charge in [-0.25, -0.2) is 4.68 Å². The van der Waals surface area contributed by atoms with Crippen LogP contribution in [-0.4, -0.2) is 39.6 Å². The lowest BCUT2D eigenvalue weighted by molar-refractivity contribution is -0.101. The van der Waals surface area contributed by atoms with E-state index in [0.29, 0.717) is 12.6 Å². The summed E-state index contributed by atoms with van der Waals surface area (Å²) < 4.78 is 13.2. The van der Waals surface area contributed by atoms with Crippen LogP contribution in [0.1, 0.15) is 19.8 Å². The van der Waals surface area contributed by atoms with Gasteiger partial charge in [-0.2, -0.15) is 4.98 Å². The maximum absolute atomic E-state index is 5.95. The van der Waals surface area contributed by atoms with E-state index in [0.717, 1.165) is 18.5 Å². The van der Waals surface area contributed by atoms with Crippen molar-refractivity contribution in [3.05, 3.63) is 36.7 Å². The van der Waals surface area contributed by atoms with E-state index in [1.807, 2.05) is 30.3 Å². The third-order valence-electron chi connectivity index (χ3n) is 3.56. The molecule has 6 nitrogen and oxygen atoms in total. The molecular weight excluding hydrogens is 268 g/mol. The van der Waals surface area contributed by atoms with Crippen molar-refractivity contribution < 1.29 is 9.47 Å². The Balaban J connectivity index is 1.62. The van der Waals surface area contributed by atoms with E-state index >= 15 is 0 Å². The molecule has 1 aromatic heterocycles. The summed E-state index contributed by atoms with van der Waals surface area (Å²) in [7, 11) is 0. The minimum Gasteiger partial charge on any atom is -0.456 e. The highest BCUT2D eigenvalue weighted by molar-refractivity contribution is 5.29. The lowest BCUT2D eigenvalue weighted by Crippen LogP contribution is -2.59. The van der Waals surface area contributed by atoms with Gasteiger partial charge in [-0.05, 0) is 18.6 Å². The zero-order chi connectivity index (χ0) is 14.7. The smallest absolute Gasteiger partial charge is 0.336 e. The Morgan fingerprint density at radius 1 is 1.33 bits per heavy atom. The number of hydrogen-bond donors (Lipinski definition) is 1. The van der Waals surface area contributed by atoms with Crippen molar-refractivity contribution in [1.82, 2.24) is 14.8 Å². The second-order valence-corrected chi connectivity index (χ2v) is 5.20. The quantitative estimate of drug-likeness (QED) is 0.872. The molecule has 0 amide bonds. The van der Waals surface area contributed by atoms with Gasteiger partial charge >= 0.3 is 6.01 Å². The Bertz CT molecular complexity index is 572. The van der Waals surface area contributed by atoms with E-state index in [-0.39, 0.29) is 18.2 Å². The summed E-state index contributed by atoms with van der Waals surface area (Å²) >= 11 is 0. The fourth-order valence-corrected chi connectivity index (χ4v) is 2.36. The summed E-state index contributed by atoms with van der Waals surface area (Å²) in [6.45, 7) is 2.77. The number of benzene rings is 1. The number of hydrogen-bond acceptors (Lipinski definition) is 5. The summed E-state index contributed by atoms with van der Waals surface area (Å²) in [5.74, 6) is 0. The van der Waals surface area contributed by atoms with Crippen LogP contribution in [0.5, 0.6) is 6.01 Å². The highest BCUT2D eigenvalue weighted by atomic mass is 16.6. The number of aromatic nitrogens is 3. The van der Waals surface area contributed by atoms with E-state index in [2.05, 4.69) is 17.0 Å². The molecule has 1 aliphatic carbocycles. The Labute approximate surface area is 123 Å². The van der Waals surface area contributed by atoms with Gasteiger partial charge in [0.05, 0.1) is 5.69 Å². The van der Waals surface area contributed by atoms with Crippen molar-refractivity contribution in [2.75, 3.05) is 6.61 Å². The summed E-state index contributed by atoms with van der Waals surface area (Å²) in [5, 5.41) is 4.33. The van der Waals surface area contributed by atoms with E-state index in [1.54, 1.807) is 11.0 Å². The average Bonchev–Trinajstić information content (AvgIpc) is 2.97. The zero-order valence-electron chi connectivity index (χ0n) is 12.1. The largest absolute Gasteiger partial charge is 0.456 e. The first-order valence-corrected chi connectivity index (χ1v) is 7.29. The molecule has 1 aromatic carbocycles. The summed E-state index contributed by atoms with van der Waals surface area (Å²) in [5.41, 5.74) is 6.90. The van der Waals surface area contributed by atoms with E-state index in [4.69, 9.17) is 15.2 Å². The number of ether oxygens (including phenoxy) is 2. The maximum Gasteiger partial charge on any atom is 0.336 e.